The maximum Gasteiger partial charge on any atom is 0.323 e. The number of benzene rings is 1. The zero-order valence-electron chi connectivity index (χ0n) is 23.9. The highest BCUT2D eigenvalue weighted by Gasteiger charge is 2.29. The second kappa shape index (κ2) is 13.0. The second-order valence-corrected chi connectivity index (χ2v) is 12.5. The molecule has 230 valence electrons. The van der Waals surface area contributed by atoms with Crippen LogP contribution in [0.15, 0.2) is 18.2 Å². The Bertz CT molecular complexity index is 1470. The van der Waals surface area contributed by atoms with Gasteiger partial charge in [-0.1, -0.05) is 6.07 Å². The maximum atomic E-state index is 14.4. The molecule has 13 nitrogen and oxygen atoms in total. The van der Waals surface area contributed by atoms with Crippen molar-refractivity contribution < 1.29 is 31.4 Å². The molecule has 2 aliphatic heterocycles. The van der Waals surface area contributed by atoms with Gasteiger partial charge in [0.25, 0.3) is 6.43 Å². The van der Waals surface area contributed by atoms with Crippen LogP contribution >= 0.6 is 0 Å². The molecule has 16 heteroatoms. The summed E-state index contributed by atoms with van der Waals surface area (Å²) in [6.07, 6.45) is -0.472. The van der Waals surface area contributed by atoms with E-state index in [2.05, 4.69) is 19.9 Å². The molecule has 2 aromatic heterocycles. The quantitative estimate of drug-likeness (QED) is 0.296. The van der Waals surface area contributed by atoms with Gasteiger partial charge in [0.05, 0.1) is 31.6 Å². The molecule has 0 saturated carbocycles. The number of fused-ring (bicyclic) bond motifs is 1. The van der Waals surface area contributed by atoms with Gasteiger partial charge in [-0.05, 0) is 45.5 Å². The van der Waals surface area contributed by atoms with E-state index in [0.717, 1.165) is 13.0 Å². The van der Waals surface area contributed by atoms with Gasteiger partial charge in [0.2, 0.25) is 21.9 Å². The summed E-state index contributed by atoms with van der Waals surface area (Å²) < 4.78 is 72.8. The Hall–Kier alpha value is -3.21. The summed E-state index contributed by atoms with van der Waals surface area (Å²) in [5.41, 5.74) is 0.642. The molecule has 3 aromatic rings. The summed E-state index contributed by atoms with van der Waals surface area (Å²) in [4.78, 5) is 21.7. The number of anilines is 1. The number of sulfonamides is 1. The smallest absolute Gasteiger partial charge is 0.323 e. The number of morpholine rings is 1. The van der Waals surface area contributed by atoms with Crippen molar-refractivity contribution in [2.24, 2.45) is 0 Å². The fraction of sp³-hybridized carbons (Fsp3) is 0.615. The molecule has 42 heavy (non-hydrogen) atoms. The summed E-state index contributed by atoms with van der Waals surface area (Å²) in [5.74, 6) is 0.0759. The number of ether oxygens (including phenoxy) is 3. The first-order valence-electron chi connectivity index (χ1n) is 13.9. The van der Waals surface area contributed by atoms with Crippen LogP contribution in [0, 0.1) is 0 Å². The van der Waals surface area contributed by atoms with Gasteiger partial charge in [-0.2, -0.15) is 15.0 Å². The van der Waals surface area contributed by atoms with Crippen molar-refractivity contribution in [1.82, 2.24) is 33.7 Å². The molecule has 1 aromatic carbocycles. The Balaban J connectivity index is 1.50. The van der Waals surface area contributed by atoms with Crippen LogP contribution in [0.1, 0.15) is 31.5 Å². The first-order chi connectivity index (χ1) is 20.1. The minimum atomic E-state index is -3.30. The zero-order chi connectivity index (χ0) is 29.9. The number of imidazole rings is 1. The number of alkyl halides is 2. The lowest BCUT2D eigenvalue weighted by atomic mass is 10.1. The van der Waals surface area contributed by atoms with E-state index in [0.29, 0.717) is 70.1 Å². The molecule has 5 rings (SSSR count). The standard InChI is InChI=1S/C26H36F2N8O5S/c1-33(2)10-5-15-40-20-7-4-6-19-21(20)29-23(22(27)28)36(19)25-30-24(34-13-16-39-17-14-34)31-26(32-25)41-18-8-11-35(12-9-18)42(3,37)38/h4,6-7,18,22H,5,8-17H2,1-3H3. The van der Waals surface area contributed by atoms with Crippen molar-refractivity contribution in [3.8, 4) is 17.7 Å². The molecule has 0 radical (unpaired) electrons. The molecular weight excluding hydrogens is 574 g/mol. The number of para-hydroxylation sites is 1. The number of nitrogens with zero attached hydrogens (tertiary/aromatic N) is 8. The number of piperidine rings is 1. The predicted molar refractivity (Wildman–Crippen MR) is 151 cm³/mol. The Labute approximate surface area is 243 Å². The number of hydrogen-bond donors (Lipinski definition) is 0. The van der Waals surface area contributed by atoms with Gasteiger partial charge >= 0.3 is 6.01 Å². The van der Waals surface area contributed by atoms with E-state index < -0.39 is 22.3 Å². The number of aromatic nitrogens is 5. The van der Waals surface area contributed by atoms with Crippen molar-refractivity contribution >= 4 is 27.0 Å². The summed E-state index contributed by atoms with van der Waals surface area (Å²) in [5, 5.41) is 0. The van der Waals surface area contributed by atoms with Crippen LogP contribution in [-0.2, 0) is 14.8 Å². The van der Waals surface area contributed by atoms with Gasteiger partial charge in [0.15, 0.2) is 5.82 Å². The molecule has 2 fully saturated rings. The van der Waals surface area contributed by atoms with Crippen molar-refractivity contribution in [2.75, 3.05) is 77.8 Å². The fourth-order valence-electron chi connectivity index (χ4n) is 4.95. The summed E-state index contributed by atoms with van der Waals surface area (Å²) in [6, 6.07) is 5.06. The van der Waals surface area contributed by atoms with Crippen LogP contribution in [0.4, 0.5) is 14.7 Å². The zero-order valence-corrected chi connectivity index (χ0v) is 24.8. The van der Waals surface area contributed by atoms with E-state index in [1.807, 2.05) is 23.9 Å². The Morgan fingerprint density at radius 1 is 1.05 bits per heavy atom. The molecule has 0 N–H and O–H groups in total. The molecule has 0 bridgehead atoms. The number of halogens is 2. The van der Waals surface area contributed by atoms with Gasteiger partial charge < -0.3 is 24.0 Å². The third kappa shape index (κ3) is 7.04. The molecule has 0 amide bonds. The van der Waals surface area contributed by atoms with Crippen LogP contribution in [0.3, 0.4) is 0 Å². The van der Waals surface area contributed by atoms with Crippen molar-refractivity contribution in [1.29, 1.82) is 0 Å². The Kier molecular flexibility index (Phi) is 9.35. The van der Waals surface area contributed by atoms with Crippen LogP contribution in [0.5, 0.6) is 11.8 Å². The molecule has 0 aliphatic carbocycles. The highest BCUT2D eigenvalue weighted by Crippen LogP contribution is 2.33. The monoisotopic (exact) mass is 610 g/mol. The average Bonchev–Trinajstić information content (AvgIpc) is 3.36. The van der Waals surface area contributed by atoms with Gasteiger partial charge in [-0.15, -0.1) is 0 Å². The second-order valence-electron chi connectivity index (χ2n) is 10.5. The van der Waals surface area contributed by atoms with Crippen molar-refractivity contribution in [2.45, 2.75) is 31.8 Å². The van der Waals surface area contributed by atoms with E-state index in [1.165, 1.54) is 15.1 Å². The molecule has 2 saturated heterocycles. The summed E-state index contributed by atoms with van der Waals surface area (Å²) >= 11 is 0. The van der Waals surface area contributed by atoms with Crippen molar-refractivity contribution in [3.63, 3.8) is 0 Å². The van der Waals surface area contributed by atoms with E-state index in [9.17, 15) is 17.2 Å². The minimum Gasteiger partial charge on any atom is -0.491 e. The first kappa shape index (κ1) is 30.3. The van der Waals surface area contributed by atoms with Gasteiger partial charge in [-0.3, -0.25) is 4.57 Å². The van der Waals surface area contributed by atoms with Crippen LogP contribution in [0.25, 0.3) is 17.0 Å². The Morgan fingerprint density at radius 2 is 1.76 bits per heavy atom. The molecule has 2 aliphatic rings. The van der Waals surface area contributed by atoms with Crippen LogP contribution in [-0.4, -0.2) is 121 Å². The fourth-order valence-corrected chi connectivity index (χ4v) is 5.83. The normalized spacial score (nSPS) is 17.5. The van der Waals surface area contributed by atoms with E-state index >= 15 is 0 Å². The first-order valence-corrected chi connectivity index (χ1v) is 15.7. The third-order valence-corrected chi connectivity index (χ3v) is 8.41. The Morgan fingerprint density at radius 3 is 2.43 bits per heavy atom. The lowest BCUT2D eigenvalue weighted by molar-refractivity contribution is 0.118. The molecule has 0 spiro atoms. The summed E-state index contributed by atoms with van der Waals surface area (Å²) in [7, 11) is 0.628. The molecule has 4 heterocycles. The third-order valence-electron chi connectivity index (χ3n) is 7.10. The summed E-state index contributed by atoms with van der Waals surface area (Å²) in [6.45, 7) is 3.76. The molecular formula is C26H36F2N8O5S. The van der Waals surface area contributed by atoms with E-state index in [-0.39, 0.29) is 29.5 Å². The lowest BCUT2D eigenvalue weighted by Crippen LogP contribution is -2.41. The van der Waals surface area contributed by atoms with Crippen molar-refractivity contribution in [3.05, 3.63) is 24.0 Å². The lowest BCUT2D eigenvalue weighted by Gasteiger charge is -2.30. The molecule has 0 atom stereocenters. The SMILES string of the molecule is CN(C)CCCOc1cccc2c1nc(C(F)F)n2-c1nc(OC2CCN(S(C)(=O)=O)CC2)nc(N2CCOCC2)n1. The van der Waals surface area contributed by atoms with Crippen LogP contribution in [0.2, 0.25) is 0 Å². The molecule has 0 unspecified atom stereocenters. The average molecular weight is 611 g/mol. The largest absolute Gasteiger partial charge is 0.491 e. The van der Waals surface area contributed by atoms with Gasteiger partial charge in [0, 0.05) is 32.7 Å². The highest BCUT2D eigenvalue weighted by atomic mass is 32.2. The van der Waals surface area contributed by atoms with Gasteiger partial charge in [0.1, 0.15) is 17.4 Å². The highest BCUT2D eigenvalue weighted by molar-refractivity contribution is 7.88. The van der Waals surface area contributed by atoms with E-state index in [4.69, 9.17) is 14.2 Å². The minimum absolute atomic E-state index is 0.0301. The van der Waals surface area contributed by atoms with E-state index in [1.54, 1.807) is 18.2 Å². The van der Waals surface area contributed by atoms with Crippen LogP contribution < -0.4 is 14.4 Å². The number of hydrogen-bond acceptors (Lipinski definition) is 11. The maximum absolute atomic E-state index is 14.4. The predicted octanol–water partition coefficient (Wildman–Crippen LogP) is 2.12. The number of rotatable bonds is 11. The topological polar surface area (TPSA) is 128 Å². The van der Waals surface area contributed by atoms with Gasteiger partial charge in [-0.25, -0.2) is 26.5 Å².